The van der Waals surface area contributed by atoms with Crippen LogP contribution < -0.4 is 15.4 Å². The number of likely N-dealkylation sites (tertiary alicyclic amines) is 1. The van der Waals surface area contributed by atoms with Crippen LogP contribution in [0.2, 0.25) is 0 Å². The average molecular weight is 413 g/mol. The van der Waals surface area contributed by atoms with E-state index in [2.05, 4.69) is 27.8 Å². The quantitative estimate of drug-likeness (QED) is 0.534. The van der Waals surface area contributed by atoms with Gasteiger partial charge >= 0.3 is 6.18 Å². The van der Waals surface area contributed by atoms with Crippen molar-refractivity contribution < 1.29 is 17.9 Å². The van der Waals surface area contributed by atoms with Gasteiger partial charge in [-0.2, -0.15) is 13.2 Å². The maximum Gasteiger partial charge on any atom is 0.401 e. The molecule has 2 N–H and O–H groups in total. The molecule has 0 atom stereocenters. The molecule has 0 spiro atoms. The van der Waals surface area contributed by atoms with Crippen LogP contribution in [0.4, 0.5) is 13.2 Å². The summed E-state index contributed by atoms with van der Waals surface area (Å²) in [5.41, 5.74) is 2.56. The van der Waals surface area contributed by atoms with Crippen molar-refractivity contribution in [1.29, 1.82) is 0 Å². The first kappa shape index (κ1) is 21.7. The number of piperidine rings is 1. The van der Waals surface area contributed by atoms with E-state index in [4.69, 9.17) is 4.74 Å². The predicted octanol–water partition coefficient (Wildman–Crippen LogP) is 2.99. The van der Waals surface area contributed by atoms with E-state index < -0.39 is 12.7 Å². The van der Waals surface area contributed by atoms with Gasteiger partial charge in [0.05, 0.1) is 13.2 Å². The molecule has 0 aromatic heterocycles. The smallest absolute Gasteiger partial charge is 0.401 e. The van der Waals surface area contributed by atoms with E-state index in [1.54, 1.807) is 7.05 Å². The monoisotopic (exact) mass is 412 g/mol. The van der Waals surface area contributed by atoms with Crippen LogP contribution in [0.3, 0.4) is 0 Å². The fourth-order valence-corrected chi connectivity index (χ4v) is 4.02. The van der Waals surface area contributed by atoms with E-state index in [1.165, 1.54) is 16.0 Å². The SMILES string of the molecule is CN=C(NCCc1ccc2c(c1)CCO2)NCCC1CCN(CC(F)(F)F)CC1. The van der Waals surface area contributed by atoms with Crippen molar-refractivity contribution in [2.75, 3.05) is 46.4 Å². The number of guanidine groups is 1. The molecule has 0 amide bonds. The minimum Gasteiger partial charge on any atom is -0.493 e. The van der Waals surface area contributed by atoms with Gasteiger partial charge in [-0.05, 0) is 61.9 Å². The molecule has 0 aliphatic carbocycles. The predicted molar refractivity (Wildman–Crippen MR) is 109 cm³/mol. The fourth-order valence-electron chi connectivity index (χ4n) is 4.02. The standard InChI is InChI=1S/C21H31F3N4O/c1-25-20(27-10-5-17-2-3-19-18(14-17)8-13-29-19)26-9-4-16-6-11-28(12-7-16)15-21(22,23)24/h2-3,14,16H,4-13,15H2,1H3,(H2,25,26,27). The lowest BCUT2D eigenvalue weighted by atomic mass is 9.93. The molecule has 1 fully saturated rings. The number of hydrogen-bond acceptors (Lipinski definition) is 3. The van der Waals surface area contributed by atoms with Gasteiger partial charge in [-0.1, -0.05) is 12.1 Å². The normalized spacial score (nSPS) is 18.4. The largest absolute Gasteiger partial charge is 0.493 e. The van der Waals surface area contributed by atoms with Gasteiger partial charge in [0.15, 0.2) is 5.96 Å². The van der Waals surface area contributed by atoms with Gasteiger partial charge in [0.1, 0.15) is 5.75 Å². The topological polar surface area (TPSA) is 48.9 Å². The number of ether oxygens (including phenoxy) is 1. The maximum atomic E-state index is 12.5. The number of fused-ring (bicyclic) bond motifs is 1. The fraction of sp³-hybridized carbons (Fsp3) is 0.667. The summed E-state index contributed by atoms with van der Waals surface area (Å²) in [6.45, 7) is 2.61. The molecule has 1 aromatic rings. The highest BCUT2D eigenvalue weighted by Crippen LogP contribution is 2.26. The molecule has 2 aliphatic rings. The Balaban J connectivity index is 1.30. The molecule has 1 aromatic carbocycles. The number of aliphatic imine (C=N–C) groups is 1. The first-order chi connectivity index (χ1) is 13.9. The maximum absolute atomic E-state index is 12.5. The summed E-state index contributed by atoms with van der Waals surface area (Å²) in [6.07, 6.45) is 0.393. The molecule has 162 valence electrons. The van der Waals surface area contributed by atoms with Crippen LogP contribution in [0, 0.1) is 5.92 Å². The zero-order valence-corrected chi connectivity index (χ0v) is 17.0. The number of alkyl halides is 3. The Bertz CT molecular complexity index is 685. The van der Waals surface area contributed by atoms with Crippen molar-refractivity contribution in [3.05, 3.63) is 29.3 Å². The summed E-state index contributed by atoms with van der Waals surface area (Å²) in [5, 5.41) is 6.65. The molecular weight excluding hydrogens is 381 g/mol. The molecule has 5 nitrogen and oxygen atoms in total. The second-order valence-corrected chi connectivity index (χ2v) is 7.84. The Morgan fingerprint density at radius 3 is 2.69 bits per heavy atom. The lowest BCUT2D eigenvalue weighted by Crippen LogP contribution is -2.42. The number of halogens is 3. The van der Waals surface area contributed by atoms with E-state index in [0.29, 0.717) is 19.0 Å². The summed E-state index contributed by atoms with van der Waals surface area (Å²) in [5.74, 6) is 2.24. The van der Waals surface area contributed by atoms with Crippen molar-refractivity contribution >= 4 is 5.96 Å². The lowest BCUT2D eigenvalue weighted by Gasteiger charge is -2.32. The molecule has 0 unspecified atom stereocenters. The molecule has 2 aliphatic heterocycles. The van der Waals surface area contributed by atoms with Crippen molar-refractivity contribution in [1.82, 2.24) is 15.5 Å². The van der Waals surface area contributed by atoms with Gasteiger partial charge in [0, 0.05) is 26.6 Å². The van der Waals surface area contributed by atoms with E-state index in [9.17, 15) is 13.2 Å². The highest BCUT2D eigenvalue weighted by atomic mass is 19.4. The highest BCUT2D eigenvalue weighted by molar-refractivity contribution is 5.79. The lowest BCUT2D eigenvalue weighted by molar-refractivity contribution is -0.148. The molecule has 3 rings (SSSR count). The number of hydrogen-bond donors (Lipinski definition) is 2. The molecule has 2 heterocycles. The molecule has 29 heavy (non-hydrogen) atoms. The summed E-state index contributed by atoms with van der Waals surface area (Å²) in [6, 6.07) is 6.36. The molecule has 1 saturated heterocycles. The van der Waals surface area contributed by atoms with Crippen LogP contribution in [0.25, 0.3) is 0 Å². The van der Waals surface area contributed by atoms with Gasteiger partial charge in [-0.15, -0.1) is 0 Å². The third kappa shape index (κ3) is 7.10. The van der Waals surface area contributed by atoms with Crippen LogP contribution in [-0.4, -0.2) is 63.4 Å². The van der Waals surface area contributed by atoms with Gasteiger partial charge in [-0.25, -0.2) is 0 Å². The van der Waals surface area contributed by atoms with Crippen molar-refractivity contribution in [3.8, 4) is 5.75 Å². The first-order valence-corrected chi connectivity index (χ1v) is 10.4. The second-order valence-electron chi connectivity index (χ2n) is 7.84. The number of nitrogens with zero attached hydrogens (tertiary/aromatic N) is 2. The van der Waals surface area contributed by atoms with Gasteiger partial charge in [0.2, 0.25) is 0 Å². The van der Waals surface area contributed by atoms with E-state index in [-0.39, 0.29) is 0 Å². The Hall–Kier alpha value is -1.96. The van der Waals surface area contributed by atoms with Gasteiger partial charge < -0.3 is 15.4 Å². The Morgan fingerprint density at radius 1 is 1.21 bits per heavy atom. The van der Waals surface area contributed by atoms with E-state index >= 15 is 0 Å². The van der Waals surface area contributed by atoms with Crippen LogP contribution >= 0.6 is 0 Å². The van der Waals surface area contributed by atoms with E-state index in [0.717, 1.165) is 63.5 Å². The van der Waals surface area contributed by atoms with Crippen molar-refractivity contribution in [2.45, 2.75) is 38.3 Å². The molecule has 0 bridgehead atoms. The first-order valence-electron chi connectivity index (χ1n) is 10.4. The summed E-state index contributed by atoms with van der Waals surface area (Å²) < 4.78 is 42.9. The van der Waals surface area contributed by atoms with Gasteiger partial charge in [-0.3, -0.25) is 9.89 Å². The minimum absolute atomic E-state index is 0.471. The number of benzene rings is 1. The van der Waals surface area contributed by atoms with Crippen LogP contribution in [0.5, 0.6) is 5.75 Å². The zero-order chi connectivity index (χ0) is 20.7. The van der Waals surface area contributed by atoms with Crippen molar-refractivity contribution in [3.63, 3.8) is 0 Å². The third-order valence-corrected chi connectivity index (χ3v) is 5.64. The second kappa shape index (κ2) is 10.2. The summed E-state index contributed by atoms with van der Waals surface area (Å²) >= 11 is 0. The van der Waals surface area contributed by atoms with Gasteiger partial charge in [0.25, 0.3) is 0 Å². The molecular formula is C21H31F3N4O. The molecule has 0 saturated carbocycles. The van der Waals surface area contributed by atoms with Crippen molar-refractivity contribution in [2.24, 2.45) is 10.9 Å². The molecule has 0 radical (unpaired) electrons. The van der Waals surface area contributed by atoms with E-state index in [1.807, 2.05) is 6.07 Å². The Labute approximate surface area is 170 Å². The number of nitrogens with one attached hydrogen (secondary N) is 2. The van der Waals surface area contributed by atoms with Crippen LogP contribution in [-0.2, 0) is 12.8 Å². The Morgan fingerprint density at radius 2 is 1.97 bits per heavy atom. The zero-order valence-electron chi connectivity index (χ0n) is 17.0. The average Bonchev–Trinajstić information content (AvgIpc) is 3.15. The summed E-state index contributed by atoms with van der Waals surface area (Å²) in [7, 11) is 1.75. The summed E-state index contributed by atoms with van der Waals surface area (Å²) in [4.78, 5) is 5.76. The number of rotatable bonds is 7. The highest BCUT2D eigenvalue weighted by Gasteiger charge is 2.32. The Kier molecular flexibility index (Phi) is 7.64. The minimum atomic E-state index is -4.10. The third-order valence-electron chi connectivity index (χ3n) is 5.64. The van der Waals surface area contributed by atoms with Crippen LogP contribution in [0.1, 0.15) is 30.4 Å². The molecule has 8 heteroatoms. The van der Waals surface area contributed by atoms with Crippen LogP contribution in [0.15, 0.2) is 23.2 Å².